The molecule has 2 aliphatic carbocycles. The summed E-state index contributed by atoms with van der Waals surface area (Å²) in [4.78, 5) is 0. The molecule has 0 aliphatic heterocycles. The molecule has 0 saturated carbocycles. The predicted molar refractivity (Wildman–Crippen MR) is 137 cm³/mol. The van der Waals surface area contributed by atoms with Crippen LogP contribution in [0, 0.1) is 0 Å². The molecule has 4 aromatic rings. The maximum absolute atomic E-state index is 4.17. The molecule has 0 radical (unpaired) electrons. The van der Waals surface area contributed by atoms with Crippen LogP contribution in [0.15, 0.2) is 121 Å². The van der Waals surface area contributed by atoms with Crippen LogP contribution in [0.4, 0.5) is 0 Å². The molecule has 0 amide bonds. The Morgan fingerprint density at radius 2 is 0.875 bits per heavy atom. The molecular formula is C31H29Zr-2. The van der Waals surface area contributed by atoms with E-state index < -0.39 is 18.8 Å². The van der Waals surface area contributed by atoms with Crippen molar-refractivity contribution in [2.24, 2.45) is 0 Å². The van der Waals surface area contributed by atoms with Crippen LogP contribution in [0.3, 0.4) is 0 Å². The van der Waals surface area contributed by atoms with E-state index in [4.69, 9.17) is 0 Å². The predicted octanol–water partition coefficient (Wildman–Crippen LogP) is 7.14. The van der Waals surface area contributed by atoms with Gasteiger partial charge in [0.2, 0.25) is 0 Å². The average molecular weight is 493 g/mol. The molecule has 0 spiro atoms. The van der Waals surface area contributed by atoms with Gasteiger partial charge in [0, 0.05) is 0 Å². The Kier molecular flexibility index (Phi) is 4.60. The van der Waals surface area contributed by atoms with Crippen LogP contribution in [-0.4, -0.2) is 0 Å². The molecule has 32 heavy (non-hydrogen) atoms. The third-order valence-electron chi connectivity index (χ3n) is 8.28. The first-order chi connectivity index (χ1) is 15.7. The fraction of sp³-hybridized carbons (Fsp3) is 0.0968. The van der Waals surface area contributed by atoms with Crippen LogP contribution in [0.1, 0.15) is 32.4 Å². The van der Waals surface area contributed by atoms with Gasteiger partial charge in [-0.1, -0.05) is 0 Å². The van der Waals surface area contributed by atoms with E-state index in [1.807, 2.05) is 0 Å². The number of benzene rings is 4. The summed E-state index contributed by atoms with van der Waals surface area (Å²) in [6, 6.07) is 41.0. The van der Waals surface area contributed by atoms with E-state index in [1.54, 1.807) is 6.54 Å². The van der Waals surface area contributed by atoms with Crippen LogP contribution in [0.25, 0.3) is 12.2 Å². The van der Waals surface area contributed by atoms with Gasteiger partial charge >= 0.3 is 193 Å². The van der Waals surface area contributed by atoms with Crippen molar-refractivity contribution in [3.8, 4) is 0 Å². The van der Waals surface area contributed by atoms with Gasteiger partial charge in [0.1, 0.15) is 0 Å². The van der Waals surface area contributed by atoms with Crippen molar-refractivity contribution in [1.82, 2.24) is 0 Å². The largest absolute Gasteiger partial charge is 1.00 e. The zero-order valence-electron chi connectivity index (χ0n) is 20.4. The van der Waals surface area contributed by atoms with Crippen molar-refractivity contribution in [2.45, 2.75) is 11.9 Å². The second kappa shape index (κ2) is 7.39. The number of fused-ring (bicyclic) bond motifs is 2. The van der Waals surface area contributed by atoms with Crippen LogP contribution >= 0.6 is 0 Å². The summed E-state index contributed by atoms with van der Waals surface area (Å²) in [7, 11) is 0. The summed E-state index contributed by atoms with van der Waals surface area (Å²) in [5, 5.41) is 0. The van der Waals surface area contributed by atoms with Crippen molar-refractivity contribution in [3.05, 3.63) is 144 Å². The molecule has 0 N–H and O–H groups in total. The summed E-state index contributed by atoms with van der Waals surface area (Å²) in [5.41, 5.74) is 5.74. The Bertz CT molecular complexity index is 1250. The number of hydrogen-bond donors (Lipinski definition) is 0. The van der Waals surface area contributed by atoms with Crippen LogP contribution < -0.4 is 6.54 Å². The van der Waals surface area contributed by atoms with Gasteiger partial charge in [0.05, 0.1) is 0 Å². The van der Waals surface area contributed by atoms with Crippen molar-refractivity contribution in [2.75, 3.05) is 0 Å². The molecule has 1 heteroatoms. The molecule has 2 aliphatic rings. The van der Waals surface area contributed by atoms with E-state index in [0.717, 1.165) is 0 Å². The third kappa shape index (κ3) is 2.58. The zero-order valence-corrected chi connectivity index (χ0v) is 20.8. The second-order valence-corrected chi connectivity index (χ2v) is 25.1. The molecule has 4 aromatic carbocycles. The molecule has 0 nitrogen and oxygen atoms in total. The fourth-order valence-electron chi connectivity index (χ4n) is 6.64. The summed E-state index contributed by atoms with van der Waals surface area (Å²) in [6.45, 7) is 0. The van der Waals surface area contributed by atoms with E-state index in [-0.39, 0.29) is 2.85 Å². The molecule has 0 saturated heterocycles. The first-order valence-corrected chi connectivity index (χ1v) is 19.3. The standard InChI is InChI=1S/2C9H7.2C6H5.CH3.Zr.2H/c2*1-2-5-9-7-3-6-8(9)4-1;2*1-2-4-6-5-3-1;;;;/h2*1-7H;2*1-5H;1H3;;;/q;;;;;;2*-1. The minimum absolute atomic E-state index is 0. The zero-order chi connectivity index (χ0) is 21.6. The Labute approximate surface area is 195 Å². The number of hydrogen-bond acceptors (Lipinski definition) is 0. The van der Waals surface area contributed by atoms with Crippen LogP contribution in [-0.2, 0) is 18.8 Å². The Hall–Kier alpha value is -2.76. The summed E-state index contributed by atoms with van der Waals surface area (Å²) in [6.07, 6.45) is 9.80. The maximum atomic E-state index is 2.71. The van der Waals surface area contributed by atoms with E-state index in [0.29, 0.717) is 7.25 Å². The van der Waals surface area contributed by atoms with E-state index in [1.165, 1.54) is 22.3 Å². The normalized spacial score (nSPS) is 19.8. The Balaban J connectivity index is 0.00000137. The monoisotopic (exact) mass is 491 g/mol. The third-order valence-corrected chi connectivity index (χ3v) is 27.8. The average Bonchev–Trinajstić information content (AvgIpc) is 3.50. The fourth-order valence-corrected chi connectivity index (χ4v) is 25.4. The quantitative estimate of drug-likeness (QED) is 0.284. The molecule has 0 fully saturated rings. The SMILES string of the molecule is [CH3][Zr]([c]1ccccc1)([c]1ccccc1)([CH]1C=Cc2ccccc21)[CH]1C=Cc2ccccc21.[H-].[H-]. The van der Waals surface area contributed by atoms with Gasteiger partial charge in [-0.2, -0.15) is 0 Å². The van der Waals surface area contributed by atoms with Gasteiger partial charge in [0.25, 0.3) is 0 Å². The molecule has 0 heterocycles. The summed E-state index contributed by atoms with van der Waals surface area (Å²) >= 11 is -4.17. The van der Waals surface area contributed by atoms with E-state index in [9.17, 15) is 0 Å². The van der Waals surface area contributed by atoms with Gasteiger partial charge in [0.15, 0.2) is 0 Å². The van der Waals surface area contributed by atoms with Crippen LogP contribution in [0.2, 0.25) is 4.63 Å². The summed E-state index contributed by atoms with van der Waals surface area (Å²) in [5.74, 6) is 0. The van der Waals surface area contributed by atoms with Gasteiger partial charge in [-0.15, -0.1) is 0 Å². The van der Waals surface area contributed by atoms with Gasteiger partial charge in [-0.3, -0.25) is 0 Å². The molecule has 2 unspecified atom stereocenters. The minimum Gasteiger partial charge on any atom is -1.00 e. The number of rotatable bonds is 4. The van der Waals surface area contributed by atoms with Gasteiger partial charge in [-0.25, -0.2) is 0 Å². The second-order valence-electron chi connectivity index (χ2n) is 9.61. The minimum atomic E-state index is -4.17. The van der Waals surface area contributed by atoms with Crippen molar-refractivity contribution >= 4 is 18.7 Å². The van der Waals surface area contributed by atoms with Crippen LogP contribution in [0.5, 0.6) is 0 Å². The smallest absolute Gasteiger partial charge is 1.00 e. The molecule has 0 bridgehead atoms. The Morgan fingerprint density at radius 1 is 0.500 bits per heavy atom. The Morgan fingerprint density at radius 3 is 1.31 bits per heavy atom. The molecule has 159 valence electrons. The first-order valence-electron chi connectivity index (χ1n) is 11.5. The number of allylic oxidation sites excluding steroid dienone is 2. The molecule has 2 atom stereocenters. The molecule has 6 rings (SSSR count). The molecule has 0 aromatic heterocycles. The topological polar surface area (TPSA) is 0 Å². The van der Waals surface area contributed by atoms with E-state index in [2.05, 4.69) is 138 Å². The van der Waals surface area contributed by atoms with Crippen molar-refractivity contribution in [1.29, 1.82) is 0 Å². The van der Waals surface area contributed by atoms with Gasteiger partial charge < -0.3 is 2.85 Å². The van der Waals surface area contributed by atoms with E-state index >= 15 is 0 Å². The summed E-state index contributed by atoms with van der Waals surface area (Å²) < 4.78 is 6.62. The van der Waals surface area contributed by atoms with Gasteiger partial charge in [-0.05, 0) is 0 Å². The molecular weight excluding hydrogens is 464 g/mol. The van der Waals surface area contributed by atoms with Crippen molar-refractivity contribution < 1.29 is 21.6 Å². The van der Waals surface area contributed by atoms with Crippen molar-refractivity contribution in [3.63, 3.8) is 0 Å². The maximum Gasteiger partial charge on any atom is -1.00 e. The first kappa shape index (κ1) is 19.9.